The first-order chi connectivity index (χ1) is 11.8. The molecule has 136 valence electrons. The van der Waals surface area contributed by atoms with Crippen molar-refractivity contribution in [3.8, 4) is 5.75 Å². The van der Waals surface area contributed by atoms with Crippen molar-refractivity contribution >= 4 is 21.9 Å². The van der Waals surface area contributed by atoms with E-state index in [1.807, 2.05) is 18.2 Å². The second kappa shape index (κ2) is 8.38. The Balaban J connectivity index is 1.93. The fourth-order valence-electron chi connectivity index (χ4n) is 2.18. The fourth-order valence-corrected chi connectivity index (χ4v) is 2.59. The lowest BCUT2D eigenvalue weighted by Gasteiger charge is -2.14. The predicted molar refractivity (Wildman–Crippen MR) is 103 cm³/mol. The van der Waals surface area contributed by atoms with Crippen molar-refractivity contribution in [1.29, 1.82) is 0 Å². The Kier molecular flexibility index (Phi) is 6.47. The van der Waals surface area contributed by atoms with Gasteiger partial charge >= 0.3 is 0 Å². The number of methoxy groups -OCH3 is 1. The Morgan fingerprint density at radius 3 is 2.60 bits per heavy atom. The second-order valence-electron chi connectivity index (χ2n) is 6.60. The van der Waals surface area contributed by atoms with E-state index in [-0.39, 0.29) is 5.41 Å². The Labute approximate surface area is 157 Å². The van der Waals surface area contributed by atoms with E-state index in [0.717, 1.165) is 21.5 Å². The molecule has 0 aliphatic rings. The highest BCUT2D eigenvalue weighted by Crippen LogP contribution is 2.23. The number of benzene rings is 1. The smallest absolute Gasteiger partial charge is 0.213 e. The lowest BCUT2D eigenvalue weighted by molar-refractivity contribution is 0.379. The summed E-state index contributed by atoms with van der Waals surface area (Å²) in [6, 6.07) is 5.89. The summed E-state index contributed by atoms with van der Waals surface area (Å²) in [4.78, 5) is 8.53. The number of guanidine groups is 1. The van der Waals surface area contributed by atoms with Crippen molar-refractivity contribution in [3.05, 3.63) is 46.1 Å². The quantitative estimate of drug-likeness (QED) is 0.583. The van der Waals surface area contributed by atoms with Gasteiger partial charge in [0.15, 0.2) is 5.96 Å². The summed E-state index contributed by atoms with van der Waals surface area (Å²) in [6.45, 7) is 7.33. The van der Waals surface area contributed by atoms with E-state index < -0.39 is 0 Å². The summed E-state index contributed by atoms with van der Waals surface area (Å²) >= 11 is 3.48. The van der Waals surface area contributed by atoms with E-state index in [9.17, 15) is 0 Å². The normalized spacial score (nSPS) is 12.2. The summed E-state index contributed by atoms with van der Waals surface area (Å²) in [7, 11) is 3.39. The van der Waals surface area contributed by atoms with Crippen molar-refractivity contribution in [2.45, 2.75) is 39.3 Å². The molecule has 6 nitrogen and oxygen atoms in total. The van der Waals surface area contributed by atoms with E-state index in [0.29, 0.717) is 24.9 Å². The van der Waals surface area contributed by atoms with E-state index >= 15 is 0 Å². The lowest BCUT2D eigenvalue weighted by atomic mass is 9.94. The van der Waals surface area contributed by atoms with Crippen molar-refractivity contribution in [2.75, 3.05) is 14.2 Å². The van der Waals surface area contributed by atoms with Crippen LogP contribution in [0.5, 0.6) is 5.75 Å². The van der Waals surface area contributed by atoms with Crippen LogP contribution in [0, 0.1) is 0 Å². The number of aromatic nitrogens is 1. The first-order valence-corrected chi connectivity index (χ1v) is 8.85. The van der Waals surface area contributed by atoms with E-state index in [4.69, 9.17) is 9.15 Å². The van der Waals surface area contributed by atoms with Crippen LogP contribution in [0.2, 0.25) is 0 Å². The molecule has 2 N–H and O–H groups in total. The monoisotopic (exact) mass is 408 g/mol. The van der Waals surface area contributed by atoms with Crippen LogP contribution in [-0.4, -0.2) is 25.1 Å². The van der Waals surface area contributed by atoms with Crippen LogP contribution in [0.1, 0.15) is 38.0 Å². The van der Waals surface area contributed by atoms with Gasteiger partial charge in [-0.15, -0.1) is 0 Å². The van der Waals surface area contributed by atoms with Gasteiger partial charge in [-0.3, -0.25) is 4.99 Å². The van der Waals surface area contributed by atoms with Crippen molar-refractivity contribution in [2.24, 2.45) is 4.99 Å². The van der Waals surface area contributed by atoms with Gasteiger partial charge in [0.2, 0.25) is 5.89 Å². The highest BCUT2D eigenvalue weighted by Gasteiger charge is 2.19. The minimum atomic E-state index is -0.0531. The molecular weight excluding hydrogens is 384 g/mol. The van der Waals surface area contributed by atoms with Crippen LogP contribution < -0.4 is 15.4 Å². The molecule has 7 heteroatoms. The zero-order valence-electron chi connectivity index (χ0n) is 15.3. The number of aliphatic imine (C=N–C) groups is 1. The standard InChI is InChI=1S/C18H25BrN4O2/c1-18(2,3)15-10-21-16(25-15)11-23-17(20-4)22-9-12-8-13(19)6-7-14(12)24-5/h6-8,10H,9,11H2,1-5H3,(H2,20,22,23). The molecule has 25 heavy (non-hydrogen) atoms. The van der Waals surface area contributed by atoms with Crippen LogP contribution in [0.4, 0.5) is 0 Å². The Hall–Kier alpha value is -2.02. The van der Waals surface area contributed by atoms with Gasteiger partial charge in [-0.05, 0) is 18.2 Å². The third-order valence-corrected chi connectivity index (χ3v) is 4.11. The SMILES string of the molecule is CN=C(NCc1ncc(C(C)(C)C)o1)NCc1cc(Br)ccc1OC. The van der Waals surface area contributed by atoms with Crippen LogP contribution in [0.3, 0.4) is 0 Å². The van der Waals surface area contributed by atoms with Crippen LogP contribution in [0.15, 0.2) is 38.3 Å². The highest BCUT2D eigenvalue weighted by molar-refractivity contribution is 9.10. The molecule has 0 atom stereocenters. The van der Waals surface area contributed by atoms with Gasteiger partial charge in [0.1, 0.15) is 11.5 Å². The average Bonchev–Trinajstić information content (AvgIpc) is 3.04. The molecule has 1 aromatic carbocycles. The lowest BCUT2D eigenvalue weighted by Crippen LogP contribution is -2.36. The highest BCUT2D eigenvalue weighted by atomic mass is 79.9. The number of halogens is 1. The molecule has 0 fully saturated rings. The molecule has 0 bridgehead atoms. The van der Waals surface area contributed by atoms with Crippen LogP contribution >= 0.6 is 15.9 Å². The zero-order chi connectivity index (χ0) is 18.4. The van der Waals surface area contributed by atoms with Crippen LogP contribution in [-0.2, 0) is 18.5 Å². The number of nitrogens with one attached hydrogen (secondary N) is 2. The molecule has 1 aromatic heterocycles. The van der Waals surface area contributed by atoms with Gasteiger partial charge in [0, 0.05) is 29.0 Å². The number of oxazole rings is 1. The molecule has 0 saturated heterocycles. The number of hydrogen-bond acceptors (Lipinski definition) is 4. The van der Waals surface area contributed by atoms with E-state index in [1.54, 1.807) is 20.4 Å². The van der Waals surface area contributed by atoms with Gasteiger partial charge in [0.25, 0.3) is 0 Å². The molecule has 0 saturated carbocycles. The van der Waals surface area contributed by atoms with E-state index in [2.05, 4.69) is 57.3 Å². The molecule has 0 aliphatic heterocycles. The van der Waals surface area contributed by atoms with Gasteiger partial charge in [-0.2, -0.15) is 0 Å². The second-order valence-corrected chi connectivity index (χ2v) is 7.52. The van der Waals surface area contributed by atoms with Gasteiger partial charge < -0.3 is 19.8 Å². The maximum atomic E-state index is 5.78. The molecule has 0 unspecified atom stereocenters. The van der Waals surface area contributed by atoms with Gasteiger partial charge in [-0.25, -0.2) is 4.98 Å². The predicted octanol–water partition coefficient (Wildman–Crippen LogP) is 3.61. The Morgan fingerprint density at radius 1 is 1.28 bits per heavy atom. The summed E-state index contributed by atoms with van der Waals surface area (Å²) in [5.41, 5.74) is 0.980. The first kappa shape index (κ1) is 19.3. The Bertz CT molecular complexity index is 735. The molecule has 1 heterocycles. The number of rotatable bonds is 5. The summed E-state index contributed by atoms with van der Waals surface area (Å²) < 4.78 is 12.2. The largest absolute Gasteiger partial charge is 0.496 e. The molecule has 0 aliphatic carbocycles. The Morgan fingerprint density at radius 2 is 2.00 bits per heavy atom. The maximum Gasteiger partial charge on any atom is 0.213 e. The minimum absolute atomic E-state index is 0.0531. The topological polar surface area (TPSA) is 71.7 Å². The van der Waals surface area contributed by atoms with Crippen molar-refractivity contribution in [1.82, 2.24) is 15.6 Å². The third kappa shape index (κ3) is 5.49. The number of nitrogens with zero attached hydrogens (tertiary/aromatic N) is 2. The number of hydrogen-bond donors (Lipinski definition) is 2. The maximum absolute atomic E-state index is 5.78. The molecule has 0 radical (unpaired) electrons. The summed E-state index contributed by atoms with van der Waals surface area (Å²) in [5, 5.41) is 6.47. The van der Waals surface area contributed by atoms with Crippen LogP contribution in [0.25, 0.3) is 0 Å². The molecular formula is C18H25BrN4O2. The zero-order valence-corrected chi connectivity index (χ0v) is 16.9. The molecule has 2 rings (SSSR count). The fraction of sp³-hybridized carbons (Fsp3) is 0.444. The minimum Gasteiger partial charge on any atom is -0.496 e. The van der Waals surface area contributed by atoms with Crippen molar-refractivity contribution < 1.29 is 9.15 Å². The average molecular weight is 409 g/mol. The van der Waals surface area contributed by atoms with E-state index in [1.165, 1.54) is 0 Å². The third-order valence-electron chi connectivity index (χ3n) is 3.61. The molecule has 2 aromatic rings. The molecule has 0 amide bonds. The molecule has 0 spiro atoms. The first-order valence-electron chi connectivity index (χ1n) is 8.05. The van der Waals surface area contributed by atoms with Gasteiger partial charge in [-0.1, -0.05) is 36.7 Å². The summed E-state index contributed by atoms with van der Waals surface area (Å²) in [6.07, 6.45) is 1.78. The number of ether oxygens (including phenoxy) is 1. The van der Waals surface area contributed by atoms with Crippen molar-refractivity contribution in [3.63, 3.8) is 0 Å². The van der Waals surface area contributed by atoms with Gasteiger partial charge in [0.05, 0.1) is 19.9 Å². The summed E-state index contributed by atoms with van der Waals surface area (Å²) in [5.74, 6) is 2.99.